The van der Waals surface area contributed by atoms with Gasteiger partial charge in [0.15, 0.2) is 11.5 Å². The lowest BCUT2D eigenvalue weighted by atomic mass is 10.2. The summed E-state index contributed by atoms with van der Waals surface area (Å²) in [5, 5.41) is 2.69. The molecule has 0 fully saturated rings. The molecule has 0 aliphatic carbocycles. The molecule has 9 heteroatoms. The van der Waals surface area contributed by atoms with Crippen LogP contribution >= 0.6 is 0 Å². The molecule has 0 spiro atoms. The summed E-state index contributed by atoms with van der Waals surface area (Å²) in [5.41, 5.74) is 0.976. The van der Waals surface area contributed by atoms with E-state index in [1.807, 2.05) is 0 Å². The highest BCUT2D eigenvalue weighted by Gasteiger charge is 2.23. The van der Waals surface area contributed by atoms with Gasteiger partial charge in [-0.1, -0.05) is 32.6 Å². The number of ether oxygens (including phenoxy) is 3. The van der Waals surface area contributed by atoms with Crippen molar-refractivity contribution in [3.05, 3.63) is 60.7 Å². The number of benzene rings is 2. The fourth-order valence-electron chi connectivity index (χ4n) is 3.06. The number of carbonyl (C=O) groups is 1. The fourth-order valence-corrected chi connectivity index (χ4v) is 4.54. The molecule has 0 unspecified atom stereocenters. The normalized spacial score (nSPS) is 11.4. The van der Waals surface area contributed by atoms with Crippen molar-refractivity contribution < 1.29 is 27.4 Å². The highest BCUT2D eigenvalue weighted by molar-refractivity contribution is 7.89. The largest absolute Gasteiger partial charge is 0.495 e. The van der Waals surface area contributed by atoms with Crippen LogP contribution < -0.4 is 19.5 Å². The Kier molecular flexibility index (Phi) is 9.50. The predicted octanol–water partition coefficient (Wildman–Crippen LogP) is 3.95. The van der Waals surface area contributed by atoms with E-state index in [2.05, 4.69) is 11.9 Å². The number of carbonyl (C=O) groups excluding carboxylic acids is 1. The molecule has 0 aliphatic rings. The summed E-state index contributed by atoms with van der Waals surface area (Å²) in [6, 6.07) is 9.63. The highest BCUT2D eigenvalue weighted by Crippen LogP contribution is 2.30. The molecule has 33 heavy (non-hydrogen) atoms. The molecule has 0 aromatic heterocycles. The van der Waals surface area contributed by atoms with Gasteiger partial charge in [0.1, 0.15) is 12.4 Å². The Bertz CT molecular complexity index is 1110. The van der Waals surface area contributed by atoms with Crippen LogP contribution in [0.5, 0.6) is 17.2 Å². The quantitative estimate of drug-likeness (QED) is 0.370. The standard InChI is InChI=1S/C24H30N2O6S/c1-6-15-32-22-12-9-18(16-23(22)31-5)10-14-24(27)25-20-17-19(11-13-21(20)30-4)33(28,29)26(7-2)8-3/h6,9-14,16-17H,1,7-8,15H2,2-5H3,(H,25,27)/b14-10+. The number of hydrogen-bond donors (Lipinski definition) is 1. The first-order chi connectivity index (χ1) is 15.8. The number of nitrogens with zero attached hydrogens (tertiary/aromatic N) is 1. The van der Waals surface area contributed by atoms with E-state index in [9.17, 15) is 13.2 Å². The van der Waals surface area contributed by atoms with Gasteiger partial charge in [-0.2, -0.15) is 4.31 Å². The van der Waals surface area contributed by atoms with Crippen LogP contribution in [0.1, 0.15) is 19.4 Å². The molecule has 0 saturated carbocycles. The maximum atomic E-state index is 12.8. The van der Waals surface area contributed by atoms with Crippen LogP contribution in [0.2, 0.25) is 0 Å². The Morgan fingerprint density at radius 2 is 1.70 bits per heavy atom. The predicted molar refractivity (Wildman–Crippen MR) is 129 cm³/mol. The van der Waals surface area contributed by atoms with E-state index in [1.165, 1.54) is 42.8 Å². The molecule has 178 valence electrons. The van der Waals surface area contributed by atoms with Crippen LogP contribution in [0.4, 0.5) is 5.69 Å². The molecule has 2 rings (SSSR count). The van der Waals surface area contributed by atoms with E-state index in [4.69, 9.17) is 14.2 Å². The minimum atomic E-state index is -3.68. The first-order valence-electron chi connectivity index (χ1n) is 10.4. The van der Waals surface area contributed by atoms with Crippen LogP contribution in [0.3, 0.4) is 0 Å². The maximum Gasteiger partial charge on any atom is 0.248 e. The zero-order valence-corrected chi connectivity index (χ0v) is 20.1. The molecular formula is C24H30N2O6S. The van der Waals surface area contributed by atoms with Crippen molar-refractivity contribution in [2.75, 3.05) is 39.2 Å². The molecule has 8 nitrogen and oxygen atoms in total. The van der Waals surface area contributed by atoms with Crippen LogP contribution in [-0.2, 0) is 14.8 Å². The summed E-state index contributed by atoms with van der Waals surface area (Å²) in [4.78, 5) is 12.6. The van der Waals surface area contributed by atoms with Gasteiger partial charge < -0.3 is 19.5 Å². The highest BCUT2D eigenvalue weighted by atomic mass is 32.2. The number of hydrogen-bond acceptors (Lipinski definition) is 6. The molecular weight excluding hydrogens is 444 g/mol. The number of anilines is 1. The Balaban J connectivity index is 2.24. The molecule has 2 aromatic carbocycles. The third-order valence-electron chi connectivity index (χ3n) is 4.74. The lowest BCUT2D eigenvalue weighted by Crippen LogP contribution is -2.30. The fraction of sp³-hybridized carbons (Fsp3) is 0.292. The second kappa shape index (κ2) is 12.1. The van der Waals surface area contributed by atoms with Crippen molar-refractivity contribution >= 4 is 27.7 Å². The Labute approximate surface area is 195 Å². The van der Waals surface area contributed by atoms with Crippen LogP contribution in [0, 0.1) is 0 Å². The summed E-state index contributed by atoms with van der Waals surface area (Å²) in [5.74, 6) is 0.989. The molecule has 2 aromatic rings. The van der Waals surface area contributed by atoms with Gasteiger partial charge in [-0.25, -0.2) is 8.42 Å². The van der Waals surface area contributed by atoms with Crippen LogP contribution in [-0.4, -0.2) is 52.5 Å². The van der Waals surface area contributed by atoms with E-state index < -0.39 is 15.9 Å². The number of sulfonamides is 1. The molecule has 0 bridgehead atoms. The number of nitrogens with one attached hydrogen (secondary N) is 1. The molecule has 0 aliphatic heterocycles. The number of rotatable bonds is 12. The van der Waals surface area contributed by atoms with Crippen LogP contribution in [0.15, 0.2) is 60.0 Å². The van der Waals surface area contributed by atoms with E-state index >= 15 is 0 Å². The third kappa shape index (κ3) is 6.59. The van der Waals surface area contributed by atoms with Crippen molar-refractivity contribution in [2.24, 2.45) is 0 Å². The van der Waals surface area contributed by atoms with E-state index in [1.54, 1.807) is 44.2 Å². The molecule has 1 amide bonds. The van der Waals surface area contributed by atoms with Gasteiger partial charge in [0.25, 0.3) is 0 Å². The molecule has 1 N–H and O–H groups in total. The van der Waals surface area contributed by atoms with Gasteiger partial charge in [0.05, 0.1) is 24.8 Å². The third-order valence-corrected chi connectivity index (χ3v) is 6.79. The average molecular weight is 475 g/mol. The van der Waals surface area contributed by atoms with Gasteiger partial charge in [-0.3, -0.25) is 4.79 Å². The Morgan fingerprint density at radius 3 is 2.30 bits per heavy atom. The average Bonchev–Trinajstić information content (AvgIpc) is 2.82. The van der Waals surface area contributed by atoms with Crippen LogP contribution in [0.25, 0.3) is 6.08 Å². The second-order valence-corrected chi connectivity index (χ2v) is 8.72. The smallest absolute Gasteiger partial charge is 0.248 e. The SMILES string of the molecule is C=CCOc1ccc(/C=C/C(=O)Nc2cc(S(=O)(=O)N(CC)CC)ccc2OC)cc1OC. The summed E-state index contributed by atoms with van der Waals surface area (Å²) < 4.78 is 43.1. The minimum absolute atomic E-state index is 0.0751. The minimum Gasteiger partial charge on any atom is -0.495 e. The number of methoxy groups -OCH3 is 2. The second-order valence-electron chi connectivity index (χ2n) is 6.78. The molecule has 0 heterocycles. The van der Waals surface area contributed by atoms with Crippen molar-refractivity contribution in [1.29, 1.82) is 0 Å². The monoisotopic (exact) mass is 474 g/mol. The lowest BCUT2D eigenvalue weighted by Gasteiger charge is -2.19. The van der Waals surface area contributed by atoms with Gasteiger partial charge in [-0.05, 0) is 42.0 Å². The zero-order chi connectivity index (χ0) is 24.4. The van der Waals surface area contributed by atoms with Gasteiger partial charge in [0.2, 0.25) is 15.9 Å². The number of amides is 1. The van der Waals surface area contributed by atoms with Crippen molar-refractivity contribution in [3.8, 4) is 17.2 Å². The first kappa shape index (κ1) is 26.0. The summed E-state index contributed by atoms with van der Waals surface area (Å²) in [7, 11) is -0.706. The topological polar surface area (TPSA) is 94.2 Å². The Morgan fingerprint density at radius 1 is 1.03 bits per heavy atom. The maximum absolute atomic E-state index is 12.8. The van der Waals surface area contributed by atoms with E-state index in [0.29, 0.717) is 36.9 Å². The molecule has 0 radical (unpaired) electrons. The van der Waals surface area contributed by atoms with Crippen molar-refractivity contribution in [1.82, 2.24) is 4.31 Å². The molecule has 0 atom stereocenters. The van der Waals surface area contributed by atoms with Crippen molar-refractivity contribution in [3.63, 3.8) is 0 Å². The summed E-state index contributed by atoms with van der Waals surface area (Å²) in [6.45, 7) is 8.19. The zero-order valence-electron chi connectivity index (χ0n) is 19.3. The van der Waals surface area contributed by atoms with Gasteiger partial charge in [0, 0.05) is 19.2 Å². The van der Waals surface area contributed by atoms with E-state index in [-0.39, 0.29) is 10.6 Å². The lowest BCUT2D eigenvalue weighted by molar-refractivity contribution is -0.111. The van der Waals surface area contributed by atoms with Gasteiger partial charge >= 0.3 is 0 Å². The molecule has 0 saturated heterocycles. The summed E-state index contributed by atoms with van der Waals surface area (Å²) in [6.07, 6.45) is 4.58. The van der Waals surface area contributed by atoms with E-state index in [0.717, 1.165) is 5.56 Å². The first-order valence-corrected chi connectivity index (χ1v) is 11.8. The van der Waals surface area contributed by atoms with Crippen molar-refractivity contribution in [2.45, 2.75) is 18.7 Å². The summed E-state index contributed by atoms with van der Waals surface area (Å²) >= 11 is 0. The van der Waals surface area contributed by atoms with Gasteiger partial charge in [-0.15, -0.1) is 0 Å². The Hall–Kier alpha value is -3.30.